The molecule has 0 N–H and O–H groups in total. The summed E-state index contributed by atoms with van der Waals surface area (Å²) in [5, 5.41) is 0. The second-order valence-electron chi connectivity index (χ2n) is 10.4. The molecule has 2 aromatic carbocycles. The number of unbranched alkanes of at least 4 members (excludes halogenated alkanes) is 3. The number of carbonyl (C=O) groups is 1. The van der Waals surface area contributed by atoms with Gasteiger partial charge in [0.1, 0.15) is 11.9 Å². The van der Waals surface area contributed by atoms with Gasteiger partial charge in [0.2, 0.25) is 5.79 Å². The fourth-order valence-corrected chi connectivity index (χ4v) is 4.75. The Balaban J connectivity index is 1.05. The first-order valence-electron chi connectivity index (χ1n) is 13.4. The van der Waals surface area contributed by atoms with E-state index in [1.807, 2.05) is 36.9 Å². The van der Waals surface area contributed by atoms with E-state index in [1.165, 1.54) is 16.7 Å². The summed E-state index contributed by atoms with van der Waals surface area (Å²) in [6, 6.07) is 12.3. The lowest BCUT2D eigenvalue weighted by molar-refractivity contribution is -0.180. The van der Waals surface area contributed by atoms with E-state index in [0.29, 0.717) is 39.5 Å². The number of hydrogen-bond acceptors (Lipinski definition) is 6. The number of nitrogens with zero attached hydrogens (tertiary/aromatic N) is 1. The highest BCUT2D eigenvalue weighted by Crippen LogP contribution is 2.35. The molecule has 1 fully saturated rings. The quantitative estimate of drug-likeness (QED) is 0.297. The highest BCUT2D eigenvalue weighted by molar-refractivity contribution is 5.70. The van der Waals surface area contributed by atoms with Gasteiger partial charge in [-0.1, -0.05) is 37.1 Å². The summed E-state index contributed by atoms with van der Waals surface area (Å²) in [4.78, 5) is 14.2. The Hall–Kier alpha value is -2.61. The Kier molecular flexibility index (Phi) is 9.46. The molecule has 0 aromatic heterocycles. The number of rotatable bonds is 13. The zero-order chi connectivity index (χ0) is 26.3. The third-order valence-electron chi connectivity index (χ3n) is 7.00. The van der Waals surface area contributed by atoms with Crippen LogP contribution in [0.5, 0.6) is 5.75 Å². The maximum atomic E-state index is 12.4. The number of cyclic esters (lactones) is 1. The average Bonchev–Trinajstić information content (AvgIpc) is 3.23. The van der Waals surface area contributed by atoms with Gasteiger partial charge in [-0.3, -0.25) is 0 Å². The molecular formula is C30H41NO6. The number of hydrogen-bond donors (Lipinski definition) is 0. The van der Waals surface area contributed by atoms with Crippen LogP contribution in [-0.2, 0) is 32.2 Å². The van der Waals surface area contributed by atoms with E-state index in [4.69, 9.17) is 23.7 Å². The van der Waals surface area contributed by atoms with Crippen LogP contribution in [0.1, 0.15) is 73.5 Å². The van der Waals surface area contributed by atoms with Gasteiger partial charge in [0.15, 0.2) is 0 Å². The van der Waals surface area contributed by atoms with E-state index < -0.39 is 5.79 Å². The molecule has 7 nitrogen and oxygen atoms in total. The van der Waals surface area contributed by atoms with Gasteiger partial charge in [0.25, 0.3) is 0 Å². The Bertz CT molecular complexity index is 1030. The van der Waals surface area contributed by atoms with E-state index in [2.05, 4.69) is 32.0 Å². The number of aryl methyl sites for hydroxylation is 2. The summed E-state index contributed by atoms with van der Waals surface area (Å²) in [5.41, 5.74) is 5.78. The van der Waals surface area contributed by atoms with Crippen LogP contribution in [-0.4, -0.2) is 49.7 Å². The Morgan fingerprint density at radius 1 is 0.973 bits per heavy atom. The molecule has 1 saturated heterocycles. The summed E-state index contributed by atoms with van der Waals surface area (Å²) in [7, 11) is 0. The van der Waals surface area contributed by atoms with Gasteiger partial charge in [-0.15, -0.1) is 0 Å². The summed E-state index contributed by atoms with van der Waals surface area (Å²) < 4.78 is 28.8. The monoisotopic (exact) mass is 511 g/mol. The van der Waals surface area contributed by atoms with Crippen LogP contribution >= 0.6 is 0 Å². The molecule has 1 amide bonds. The maximum Gasteiger partial charge on any atom is 0.410 e. The van der Waals surface area contributed by atoms with Crippen molar-refractivity contribution in [3.05, 3.63) is 64.2 Å². The van der Waals surface area contributed by atoms with Crippen LogP contribution in [0.15, 0.2) is 36.4 Å². The minimum absolute atomic E-state index is 0.236. The summed E-state index contributed by atoms with van der Waals surface area (Å²) in [6.45, 7) is 12.4. The molecule has 0 bridgehead atoms. The third-order valence-corrected chi connectivity index (χ3v) is 7.00. The van der Waals surface area contributed by atoms with Crippen molar-refractivity contribution in [1.82, 2.24) is 4.90 Å². The lowest BCUT2D eigenvalue weighted by Gasteiger charge is -2.32. The van der Waals surface area contributed by atoms with Crippen molar-refractivity contribution in [2.45, 2.75) is 78.5 Å². The molecule has 0 aliphatic carbocycles. The lowest BCUT2D eigenvalue weighted by Crippen LogP contribution is -2.35. The maximum absolute atomic E-state index is 12.4. The van der Waals surface area contributed by atoms with E-state index in [1.54, 1.807) is 0 Å². The number of ether oxygens (including phenoxy) is 5. The highest BCUT2D eigenvalue weighted by atomic mass is 16.7. The number of carbonyl (C=O) groups excluding carboxylic acids is 1. The number of fused-ring (bicyclic) bond motifs is 1. The summed E-state index contributed by atoms with van der Waals surface area (Å²) >= 11 is 0. The van der Waals surface area contributed by atoms with Crippen molar-refractivity contribution >= 4 is 6.09 Å². The van der Waals surface area contributed by atoms with Gasteiger partial charge < -0.3 is 28.6 Å². The van der Waals surface area contributed by atoms with Gasteiger partial charge >= 0.3 is 6.09 Å². The molecule has 2 aliphatic heterocycles. The van der Waals surface area contributed by atoms with Crippen LogP contribution in [0.25, 0.3) is 0 Å². The number of benzene rings is 2. The molecule has 4 rings (SSSR count). The van der Waals surface area contributed by atoms with E-state index in [9.17, 15) is 4.79 Å². The van der Waals surface area contributed by atoms with E-state index in [0.717, 1.165) is 49.2 Å². The predicted molar refractivity (Wildman–Crippen MR) is 142 cm³/mol. The Labute approximate surface area is 221 Å². The van der Waals surface area contributed by atoms with Crippen molar-refractivity contribution < 1.29 is 28.5 Å². The molecule has 2 heterocycles. The van der Waals surface area contributed by atoms with E-state index in [-0.39, 0.29) is 12.2 Å². The van der Waals surface area contributed by atoms with Crippen molar-refractivity contribution in [2.75, 3.05) is 32.9 Å². The fraction of sp³-hybridized carbons (Fsp3) is 0.567. The molecular weight excluding hydrogens is 470 g/mol. The van der Waals surface area contributed by atoms with Gasteiger partial charge in [-0.2, -0.15) is 0 Å². The molecule has 2 aliphatic rings. The summed E-state index contributed by atoms with van der Waals surface area (Å²) in [6.07, 6.45) is 3.63. The minimum Gasteiger partial charge on any atom is -0.463 e. The minimum atomic E-state index is -0.618. The molecule has 2 aromatic rings. The first-order chi connectivity index (χ1) is 17.8. The van der Waals surface area contributed by atoms with Crippen LogP contribution in [0.4, 0.5) is 4.79 Å². The molecule has 37 heavy (non-hydrogen) atoms. The molecule has 0 saturated carbocycles. The third kappa shape index (κ3) is 7.69. The van der Waals surface area contributed by atoms with Gasteiger partial charge in [0, 0.05) is 32.6 Å². The van der Waals surface area contributed by atoms with E-state index >= 15 is 0 Å². The fourth-order valence-electron chi connectivity index (χ4n) is 4.75. The SMILES string of the molecule is Cc1cccc(C)c1COCCOCCCCCCN1CC(c2ccc3c(c2)COC(C)(C)O3)OC1=O. The zero-order valence-corrected chi connectivity index (χ0v) is 22.7. The Morgan fingerprint density at radius 3 is 2.54 bits per heavy atom. The van der Waals surface area contributed by atoms with Gasteiger partial charge in [0.05, 0.1) is 33.0 Å². The Morgan fingerprint density at radius 2 is 1.73 bits per heavy atom. The van der Waals surface area contributed by atoms with Crippen molar-refractivity contribution in [3.8, 4) is 5.75 Å². The largest absolute Gasteiger partial charge is 0.463 e. The smallest absolute Gasteiger partial charge is 0.410 e. The molecule has 1 unspecified atom stereocenters. The normalized spacial score (nSPS) is 18.4. The number of amides is 1. The molecule has 0 radical (unpaired) electrons. The second-order valence-corrected chi connectivity index (χ2v) is 10.4. The zero-order valence-electron chi connectivity index (χ0n) is 22.7. The average molecular weight is 512 g/mol. The van der Waals surface area contributed by atoms with Crippen LogP contribution in [0.3, 0.4) is 0 Å². The van der Waals surface area contributed by atoms with Crippen LogP contribution in [0.2, 0.25) is 0 Å². The van der Waals surface area contributed by atoms with Crippen molar-refractivity contribution in [2.24, 2.45) is 0 Å². The van der Waals surface area contributed by atoms with Gasteiger partial charge in [-0.05, 0) is 61.1 Å². The molecule has 202 valence electrons. The highest BCUT2D eigenvalue weighted by Gasteiger charge is 2.33. The van der Waals surface area contributed by atoms with Crippen molar-refractivity contribution in [1.29, 1.82) is 0 Å². The van der Waals surface area contributed by atoms with Crippen molar-refractivity contribution in [3.63, 3.8) is 0 Å². The first-order valence-corrected chi connectivity index (χ1v) is 13.4. The standard InChI is InChI=1S/C30H41NO6/c1-22-10-9-11-23(2)26(22)21-34-17-16-33-15-8-6-5-7-14-31-19-28(36-29(31)32)24-12-13-27-25(18-24)20-35-30(3,4)37-27/h9-13,18,28H,5-8,14-17,19-21H2,1-4H3. The molecule has 7 heteroatoms. The molecule has 0 spiro atoms. The lowest BCUT2D eigenvalue weighted by atomic mass is 10.0. The second kappa shape index (κ2) is 12.8. The molecule has 1 atom stereocenters. The van der Waals surface area contributed by atoms with Gasteiger partial charge in [-0.25, -0.2) is 4.79 Å². The van der Waals surface area contributed by atoms with Crippen LogP contribution in [0, 0.1) is 13.8 Å². The van der Waals surface area contributed by atoms with Crippen LogP contribution < -0.4 is 4.74 Å². The topological polar surface area (TPSA) is 66.5 Å². The summed E-state index contributed by atoms with van der Waals surface area (Å²) in [5.74, 6) is 0.210. The first kappa shape index (κ1) is 27.4. The predicted octanol–water partition coefficient (Wildman–Crippen LogP) is 6.24.